The molecule has 83 heavy (non-hydrogen) atoms. The van der Waals surface area contributed by atoms with Gasteiger partial charge in [-0.15, -0.1) is 11.3 Å². The van der Waals surface area contributed by atoms with E-state index in [-0.39, 0.29) is 48.7 Å². The Kier molecular flexibility index (Phi) is 24.2. The molecule has 3 aromatic rings. The fraction of sp³-hybridized carbons (Fsp3) is 0.550. The van der Waals surface area contributed by atoms with Crippen molar-refractivity contribution < 1.29 is 62.3 Å². The van der Waals surface area contributed by atoms with Gasteiger partial charge in [0, 0.05) is 74.2 Å². The molecule has 2 aromatic carbocycles. The minimum Gasteiger partial charge on any atom is -0.481 e. The summed E-state index contributed by atoms with van der Waals surface area (Å²) in [4.78, 5) is 139. The fourth-order valence-electron chi connectivity index (χ4n) is 10.7. The number of piperidine rings is 1. The molecule has 1 saturated heterocycles. The van der Waals surface area contributed by atoms with Crippen LogP contribution in [0.2, 0.25) is 0 Å². The maximum Gasteiger partial charge on any atom is 0.306 e. The number of carboxylic acid groups (broad SMARTS) is 1. The number of carbonyl (C=O) groups excluding carboxylic acids is 9. The van der Waals surface area contributed by atoms with Gasteiger partial charge in [0.1, 0.15) is 41.4 Å². The number of benzene rings is 2. The van der Waals surface area contributed by atoms with Gasteiger partial charge in [0.25, 0.3) is 23.6 Å². The topological polar surface area (TPSA) is 306 Å². The van der Waals surface area contributed by atoms with E-state index < -0.39 is 108 Å². The summed E-state index contributed by atoms with van der Waals surface area (Å²) in [6.45, 7) is 16.3. The van der Waals surface area contributed by atoms with Crippen molar-refractivity contribution in [3.05, 3.63) is 94.0 Å². The molecule has 23 heteroatoms. The molecule has 8 amide bonds. The number of nitrogens with two attached hydrogens (primary N) is 1. The van der Waals surface area contributed by atoms with E-state index in [4.69, 9.17) is 10.5 Å². The summed E-state index contributed by atoms with van der Waals surface area (Å²) < 4.78 is 6.22. The minimum atomic E-state index is -1.34. The fourth-order valence-corrected chi connectivity index (χ4v) is 11.5. The van der Waals surface area contributed by atoms with Crippen LogP contribution in [-0.2, 0) is 60.9 Å². The molecule has 0 spiro atoms. The van der Waals surface area contributed by atoms with Crippen molar-refractivity contribution in [2.75, 3.05) is 32.5 Å². The number of ether oxygens (including phenoxy) is 1. The number of nitrogens with zero attached hydrogens (tertiary/aromatic N) is 4. The first kappa shape index (κ1) is 66.4. The highest BCUT2D eigenvalue weighted by Gasteiger charge is 2.44. The number of aromatic nitrogens is 1. The molecule has 22 nitrogen and oxygen atoms in total. The van der Waals surface area contributed by atoms with Crippen LogP contribution in [0.3, 0.4) is 0 Å². The average molecular weight is 1170 g/mol. The summed E-state index contributed by atoms with van der Waals surface area (Å²) in [5, 5.41) is 25.8. The van der Waals surface area contributed by atoms with Gasteiger partial charge in [0.15, 0.2) is 12.1 Å². The first-order valence-corrected chi connectivity index (χ1v) is 29.4. The monoisotopic (exact) mass is 1170 g/mol. The van der Waals surface area contributed by atoms with Gasteiger partial charge >= 0.3 is 11.9 Å². The molecular weight excluding hydrogens is 1080 g/mol. The molecule has 0 bridgehead atoms. The number of nitrogens with one attached hydrogen (secondary N) is 5. The number of likely N-dealkylation sites (tertiary alicyclic amines) is 1. The minimum absolute atomic E-state index is 0.0804. The van der Waals surface area contributed by atoms with Crippen LogP contribution in [0.15, 0.2) is 72.1 Å². The Morgan fingerprint density at radius 2 is 1.47 bits per heavy atom. The predicted molar refractivity (Wildman–Crippen MR) is 313 cm³/mol. The number of likely N-dealkylation sites (N-methyl/N-ethyl adjacent to an activating group) is 2. The molecule has 2 aliphatic rings. The first-order valence-electron chi connectivity index (χ1n) is 28.6. The van der Waals surface area contributed by atoms with Crippen LogP contribution in [0, 0.1) is 23.7 Å². The lowest BCUT2D eigenvalue weighted by molar-refractivity contribution is -0.942. The van der Waals surface area contributed by atoms with Crippen molar-refractivity contribution >= 4 is 76.2 Å². The smallest absolute Gasteiger partial charge is 0.306 e. The number of imide groups is 1. The third kappa shape index (κ3) is 18.1. The number of carbonyl (C=O) groups is 10. The molecule has 8 N–H and O–H groups in total. The van der Waals surface area contributed by atoms with Crippen molar-refractivity contribution in [3.63, 3.8) is 0 Å². The summed E-state index contributed by atoms with van der Waals surface area (Å²) in [7, 11) is 3.71. The Labute approximate surface area is 490 Å². The molecule has 452 valence electrons. The van der Waals surface area contributed by atoms with Crippen LogP contribution in [0.1, 0.15) is 134 Å². The third-order valence-corrected chi connectivity index (χ3v) is 16.7. The van der Waals surface area contributed by atoms with Crippen molar-refractivity contribution in [3.8, 4) is 0 Å². The number of quaternary nitrogens is 1. The second kappa shape index (κ2) is 30.3. The zero-order valence-corrected chi connectivity index (χ0v) is 50.5. The van der Waals surface area contributed by atoms with E-state index in [1.54, 1.807) is 50.2 Å². The van der Waals surface area contributed by atoms with Gasteiger partial charge in [-0.3, -0.25) is 52.8 Å². The molecule has 1 fully saturated rings. The summed E-state index contributed by atoms with van der Waals surface area (Å²) in [5.74, 6) is -7.56. The van der Waals surface area contributed by atoms with E-state index in [0.717, 1.165) is 52.4 Å². The number of aliphatic carboxylic acids is 1. The van der Waals surface area contributed by atoms with Crippen LogP contribution in [0.5, 0.6) is 0 Å². The quantitative estimate of drug-likeness (QED) is 0.0283. The number of amides is 8. The number of hydrogen-bond donors (Lipinski definition) is 7. The zero-order valence-electron chi connectivity index (χ0n) is 49.6. The van der Waals surface area contributed by atoms with E-state index in [9.17, 15) is 53.1 Å². The Balaban J connectivity index is 1.23. The number of anilines is 1. The lowest BCUT2D eigenvalue weighted by atomic mass is 9.92. The molecule has 0 radical (unpaired) electrons. The Bertz CT molecular complexity index is 2810. The Hall–Kier alpha value is -7.37. The van der Waals surface area contributed by atoms with Gasteiger partial charge < -0.3 is 51.5 Å². The van der Waals surface area contributed by atoms with Crippen LogP contribution >= 0.6 is 11.3 Å². The Morgan fingerprint density at radius 3 is 2.05 bits per heavy atom. The zero-order chi connectivity index (χ0) is 61.5. The second-order valence-electron chi connectivity index (χ2n) is 23.0. The average Bonchev–Trinajstić information content (AvgIpc) is 4.12. The van der Waals surface area contributed by atoms with Crippen molar-refractivity contribution in [1.82, 2.24) is 36.1 Å². The molecule has 2 aliphatic heterocycles. The van der Waals surface area contributed by atoms with Crippen molar-refractivity contribution in [2.45, 2.75) is 162 Å². The number of thiazole rings is 1. The van der Waals surface area contributed by atoms with Gasteiger partial charge in [-0.1, -0.05) is 97.4 Å². The summed E-state index contributed by atoms with van der Waals surface area (Å²) in [5.41, 5.74) is 8.12. The van der Waals surface area contributed by atoms with Gasteiger partial charge in [0.05, 0.1) is 19.5 Å². The SMILES string of the molecule is CC[C@H](C)[C@H](NC(=O)[C@H]1CCCC[N+]1(C)Cc1ccc(NC(=O)C(C)NC(=O)C(NC(=O)C(CN)N2C(=O)C=CC2=O)C(C)C)cc1)C(=O)N(C)[C@H](C[C@@H](OC(C)=O)c1nc(C(=O)N[C@@H](Cc2ccccc2)C[C@H](C)C(=O)O)cs1)C(C)C. The van der Waals surface area contributed by atoms with Crippen molar-refractivity contribution in [1.29, 1.82) is 0 Å². The maximum absolute atomic E-state index is 14.8. The standard InChI is InChI=1S/C60H84N10O12S/c1-12-36(6)52(59(79)68(10)45(34(2)3)30-48(82-39(9)71)58-65-44(33-83-58)54(75)64-43(28-37(7)60(80)81)29-40-18-14-13-15-19-40)67-56(77)47-20-16-17-27-70(47,11)32-41-21-23-42(24-22-41)63-53(74)38(8)62-57(78)51(35(4)5)66-55(76)46(31-61)69-49(72)25-26-50(69)73/h13-15,18-19,21-26,33-38,43,45-48,51-52H,12,16-17,20,27-32,61H2,1-11H3,(H5-,62,63,64,66,67,74,75,76,77,78,80,81)/p+1/t36-,37-,38?,43+,45+,46?,47+,48+,51?,52-,70?/m0/s1. The third-order valence-electron chi connectivity index (χ3n) is 15.8. The van der Waals surface area contributed by atoms with Gasteiger partial charge in [-0.25, -0.2) is 4.98 Å². The number of carboxylic acids is 1. The molecule has 0 saturated carbocycles. The maximum atomic E-state index is 14.8. The lowest BCUT2D eigenvalue weighted by Crippen LogP contribution is -2.63. The van der Waals surface area contributed by atoms with Gasteiger partial charge in [-0.05, 0) is 68.1 Å². The summed E-state index contributed by atoms with van der Waals surface area (Å²) in [6, 6.07) is 10.7. The van der Waals surface area contributed by atoms with Crippen molar-refractivity contribution in [2.24, 2.45) is 29.4 Å². The van der Waals surface area contributed by atoms with E-state index in [1.165, 1.54) is 13.8 Å². The largest absolute Gasteiger partial charge is 0.481 e. The highest BCUT2D eigenvalue weighted by molar-refractivity contribution is 7.09. The Morgan fingerprint density at radius 1 is 0.819 bits per heavy atom. The predicted octanol–water partition coefficient (Wildman–Crippen LogP) is 4.64. The van der Waals surface area contributed by atoms with Crippen LogP contribution in [0.25, 0.3) is 0 Å². The number of esters is 1. The van der Waals surface area contributed by atoms with Crippen LogP contribution in [-0.4, -0.2) is 153 Å². The van der Waals surface area contributed by atoms with Crippen LogP contribution in [0.4, 0.5) is 5.69 Å². The lowest BCUT2D eigenvalue weighted by Gasteiger charge is -2.44. The molecule has 4 unspecified atom stereocenters. The molecule has 5 rings (SSSR count). The molecule has 0 aliphatic carbocycles. The van der Waals surface area contributed by atoms with E-state index >= 15 is 0 Å². The van der Waals surface area contributed by atoms with E-state index in [0.29, 0.717) is 47.5 Å². The first-order chi connectivity index (χ1) is 39.2. The number of hydrogen-bond acceptors (Lipinski definition) is 14. The molecule has 11 atom stereocenters. The summed E-state index contributed by atoms with van der Waals surface area (Å²) in [6.07, 6.45) is 4.73. The molecule has 3 heterocycles. The van der Waals surface area contributed by atoms with Gasteiger partial charge in [-0.2, -0.15) is 0 Å². The normalized spacial score (nSPS) is 19.3. The second-order valence-corrected chi connectivity index (χ2v) is 23.9. The van der Waals surface area contributed by atoms with Gasteiger partial charge in [0.2, 0.25) is 23.6 Å². The molecular formula is C60H85N10O12S+. The number of rotatable bonds is 29. The molecule has 1 aromatic heterocycles. The van der Waals surface area contributed by atoms with E-state index in [2.05, 4.69) is 31.6 Å². The van der Waals surface area contributed by atoms with Crippen LogP contribution < -0.4 is 32.3 Å². The highest BCUT2D eigenvalue weighted by Crippen LogP contribution is 2.32. The highest BCUT2D eigenvalue weighted by atomic mass is 32.1. The van der Waals surface area contributed by atoms with E-state index in [1.807, 2.05) is 77.2 Å². The summed E-state index contributed by atoms with van der Waals surface area (Å²) >= 11 is 1.14.